The quantitative estimate of drug-likeness (QED) is 0.867. The fourth-order valence-electron chi connectivity index (χ4n) is 2.60. The molecule has 5 nitrogen and oxygen atoms in total. The molecule has 5 heteroatoms. The van der Waals surface area contributed by atoms with Crippen LogP contribution in [0.15, 0.2) is 24.3 Å². The number of aliphatic hydroxyl groups is 1. The molecule has 2 unspecified atom stereocenters. The average molecular weight is 273 g/mol. The Morgan fingerprint density at radius 1 is 1.50 bits per heavy atom. The summed E-state index contributed by atoms with van der Waals surface area (Å²) >= 11 is 0. The van der Waals surface area contributed by atoms with E-state index in [9.17, 15) is 9.90 Å². The molecule has 1 fully saturated rings. The molecule has 2 atom stereocenters. The van der Waals surface area contributed by atoms with Gasteiger partial charge in [0.1, 0.15) is 0 Å². The topological polar surface area (TPSA) is 76.4 Å². The summed E-state index contributed by atoms with van der Waals surface area (Å²) < 4.78 is 0. The summed E-state index contributed by atoms with van der Waals surface area (Å²) in [7, 11) is 0. The van der Waals surface area contributed by atoms with Gasteiger partial charge >= 0.3 is 6.03 Å². The Morgan fingerprint density at radius 2 is 2.20 bits per heavy atom. The third-order valence-corrected chi connectivity index (χ3v) is 3.83. The van der Waals surface area contributed by atoms with Crippen LogP contribution in [0.3, 0.4) is 0 Å². The molecule has 1 aliphatic heterocycles. The van der Waals surface area contributed by atoms with Crippen molar-refractivity contribution in [3.05, 3.63) is 29.8 Å². The fourth-order valence-corrected chi connectivity index (χ4v) is 2.60. The van der Waals surface area contributed by atoms with Crippen molar-refractivity contribution in [2.24, 2.45) is 5.92 Å². The van der Waals surface area contributed by atoms with Crippen LogP contribution in [0.4, 0.5) is 10.5 Å². The van der Waals surface area contributed by atoms with Crippen molar-refractivity contribution in [2.45, 2.75) is 25.8 Å². The third-order valence-electron chi connectivity index (χ3n) is 3.83. The van der Waals surface area contributed by atoms with E-state index in [1.54, 1.807) is 29.2 Å². The first-order valence-electron chi connectivity index (χ1n) is 6.84. The summed E-state index contributed by atoms with van der Waals surface area (Å²) in [6.45, 7) is 2.71. The first kappa shape index (κ1) is 14.4. The highest BCUT2D eigenvalue weighted by Gasteiger charge is 2.31. The van der Waals surface area contributed by atoms with E-state index in [-0.39, 0.29) is 18.7 Å². The smallest absolute Gasteiger partial charge is 0.322 e. The van der Waals surface area contributed by atoms with Crippen LogP contribution in [0.2, 0.25) is 0 Å². The molecule has 0 spiro atoms. The standard InChI is InChI=1S/C15H19N3O2/c1-11-3-2-8-18(14(11)10-19)15(20)17-13-6-4-12(9-16)5-7-13/h4-7,11,14,19H,2-3,8,10H2,1H3,(H,17,20). The highest BCUT2D eigenvalue weighted by Crippen LogP contribution is 2.23. The summed E-state index contributed by atoms with van der Waals surface area (Å²) in [5.74, 6) is 0.306. The zero-order valence-electron chi connectivity index (χ0n) is 11.5. The van der Waals surface area contributed by atoms with E-state index < -0.39 is 0 Å². The molecule has 1 aromatic rings. The lowest BCUT2D eigenvalue weighted by atomic mass is 9.91. The number of nitrogens with zero attached hydrogens (tertiary/aromatic N) is 2. The molecule has 1 aliphatic rings. The minimum absolute atomic E-state index is 0.0119. The molecule has 2 amide bonds. The number of urea groups is 1. The van der Waals surface area contributed by atoms with Crippen molar-refractivity contribution in [2.75, 3.05) is 18.5 Å². The van der Waals surface area contributed by atoms with E-state index in [0.717, 1.165) is 12.8 Å². The molecule has 0 bridgehead atoms. The molecule has 20 heavy (non-hydrogen) atoms. The van der Waals surface area contributed by atoms with E-state index in [1.165, 1.54) is 0 Å². The van der Waals surface area contributed by atoms with E-state index >= 15 is 0 Å². The summed E-state index contributed by atoms with van der Waals surface area (Å²) in [6, 6.07) is 8.46. The number of hydrogen-bond acceptors (Lipinski definition) is 3. The average Bonchev–Trinajstić information content (AvgIpc) is 2.47. The van der Waals surface area contributed by atoms with Crippen molar-refractivity contribution >= 4 is 11.7 Å². The van der Waals surface area contributed by atoms with Crippen molar-refractivity contribution in [3.8, 4) is 6.07 Å². The first-order chi connectivity index (χ1) is 9.65. The Balaban J connectivity index is 2.04. The number of piperidine rings is 1. The van der Waals surface area contributed by atoms with Crippen LogP contribution < -0.4 is 5.32 Å². The minimum Gasteiger partial charge on any atom is -0.394 e. The molecule has 0 saturated carbocycles. The zero-order chi connectivity index (χ0) is 14.5. The van der Waals surface area contributed by atoms with E-state index in [1.807, 2.05) is 6.07 Å². The highest BCUT2D eigenvalue weighted by molar-refractivity contribution is 5.89. The number of anilines is 1. The Labute approximate surface area is 118 Å². The van der Waals surface area contributed by atoms with Gasteiger partial charge in [-0.15, -0.1) is 0 Å². The van der Waals surface area contributed by atoms with E-state index in [4.69, 9.17) is 5.26 Å². The molecule has 1 heterocycles. The van der Waals surface area contributed by atoms with Crippen LogP contribution in [0.25, 0.3) is 0 Å². The fraction of sp³-hybridized carbons (Fsp3) is 0.467. The molecule has 2 N–H and O–H groups in total. The SMILES string of the molecule is CC1CCCN(C(=O)Nc2ccc(C#N)cc2)C1CO. The predicted octanol–water partition coefficient (Wildman–Crippen LogP) is 2.18. The number of carbonyl (C=O) groups excluding carboxylic acids is 1. The van der Waals surface area contributed by atoms with Gasteiger partial charge in [-0.05, 0) is 43.0 Å². The van der Waals surface area contributed by atoms with Gasteiger partial charge in [-0.2, -0.15) is 5.26 Å². The Kier molecular flexibility index (Phi) is 4.59. The first-order valence-corrected chi connectivity index (χ1v) is 6.84. The molecular formula is C15H19N3O2. The number of rotatable bonds is 2. The van der Waals surface area contributed by atoms with E-state index in [2.05, 4.69) is 12.2 Å². The van der Waals surface area contributed by atoms with Gasteiger partial charge in [0.2, 0.25) is 0 Å². The molecule has 0 radical (unpaired) electrons. The van der Waals surface area contributed by atoms with Crippen molar-refractivity contribution in [1.82, 2.24) is 4.90 Å². The maximum Gasteiger partial charge on any atom is 0.322 e. The number of nitriles is 1. The molecule has 0 aromatic heterocycles. The summed E-state index contributed by atoms with van der Waals surface area (Å²) in [6.07, 6.45) is 1.99. The van der Waals surface area contributed by atoms with E-state index in [0.29, 0.717) is 23.7 Å². The highest BCUT2D eigenvalue weighted by atomic mass is 16.3. The van der Waals surface area contributed by atoms with Gasteiger partial charge < -0.3 is 15.3 Å². The number of hydrogen-bond donors (Lipinski definition) is 2. The second-order valence-electron chi connectivity index (χ2n) is 5.18. The Bertz CT molecular complexity index is 507. The van der Waals surface area contributed by atoms with Gasteiger partial charge in [0, 0.05) is 12.2 Å². The third kappa shape index (κ3) is 3.09. The normalized spacial score (nSPS) is 22.1. The van der Waals surface area contributed by atoms with Crippen molar-refractivity contribution in [1.29, 1.82) is 5.26 Å². The van der Waals surface area contributed by atoms with Crippen LogP contribution >= 0.6 is 0 Å². The number of nitrogens with one attached hydrogen (secondary N) is 1. The lowest BCUT2D eigenvalue weighted by molar-refractivity contribution is 0.0811. The van der Waals surface area contributed by atoms with Crippen LogP contribution in [-0.2, 0) is 0 Å². The van der Waals surface area contributed by atoms with Crippen molar-refractivity contribution in [3.63, 3.8) is 0 Å². The Hall–Kier alpha value is -2.06. The lowest BCUT2D eigenvalue weighted by Gasteiger charge is -2.38. The number of likely N-dealkylation sites (tertiary alicyclic amines) is 1. The van der Waals surface area contributed by atoms with Gasteiger partial charge in [0.25, 0.3) is 0 Å². The van der Waals surface area contributed by atoms with Gasteiger partial charge in [0.15, 0.2) is 0 Å². The Morgan fingerprint density at radius 3 is 2.80 bits per heavy atom. The number of amides is 2. The van der Waals surface area contributed by atoms with Crippen LogP contribution in [0.5, 0.6) is 0 Å². The number of aliphatic hydroxyl groups excluding tert-OH is 1. The molecule has 2 rings (SSSR count). The number of benzene rings is 1. The van der Waals surface area contributed by atoms with Crippen LogP contribution in [0, 0.1) is 17.2 Å². The molecule has 1 aromatic carbocycles. The summed E-state index contributed by atoms with van der Waals surface area (Å²) in [5, 5.41) is 21.0. The van der Waals surface area contributed by atoms with Gasteiger partial charge in [-0.1, -0.05) is 6.92 Å². The van der Waals surface area contributed by atoms with Crippen LogP contribution in [-0.4, -0.2) is 35.2 Å². The minimum atomic E-state index is -0.194. The maximum absolute atomic E-state index is 12.3. The largest absolute Gasteiger partial charge is 0.394 e. The van der Waals surface area contributed by atoms with Crippen LogP contribution in [0.1, 0.15) is 25.3 Å². The predicted molar refractivity (Wildman–Crippen MR) is 76.2 cm³/mol. The summed E-state index contributed by atoms with van der Waals surface area (Å²) in [5.41, 5.74) is 1.21. The zero-order valence-corrected chi connectivity index (χ0v) is 11.5. The lowest BCUT2D eigenvalue weighted by Crippen LogP contribution is -2.51. The monoisotopic (exact) mass is 273 g/mol. The van der Waals surface area contributed by atoms with Gasteiger partial charge in [0.05, 0.1) is 24.3 Å². The van der Waals surface area contributed by atoms with Gasteiger partial charge in [-0.3, -0.25) is 0 Å². The molecular weight excluding hydrogens is 254 g/mol. The second kappa shape index (κ2) is 6.40. The second-order valence-corrected chi connectivity index (χ2v) is 5.18. The van der Waals surface area contributed by atoms with Gasteiger partial charge in [-0.25, -0.2) is 4.79 Å². The molecule has 0 aliphatic carbocycles. The maximum atomic E-state index is 12.3. The number of carbonyl (C=O) groups is 1. The molecule has 1 saturated heterocycles. The van der Waals surface area contributed by atoms with Crippen molar-refractivity contribution < 1.29 is 9.90 Å². The summed E-state index contributed by atoms with van der Waals surface area (Å²) in [4.78, 5) is 14.0. The molecule has 106 valence electrons.